The highest BCUT2D eigenvalue weighted by atomic mass is 19.4. The second kappa shape index (κ2) is 5.64. The third-order valence-corrected chi connectivity index (χ3v) is 3.27. The lowest BCUT2D eigenvalue weighted by Gasteiger charge is -2.12. The van der Waals surface area contributed by atoms with Crippen molar-refractivity contribution in [1.82, 2.24) is 0 Å². The Morgan fingerprint density at radius 2 is 1.78 bits per heavy atom. The molecule has 0 radical (unpaired) electrons. The molecule has 0 bridgehead atoms. The molecule has 0 spiro atoms. The topological polar surface area (TPSA) is 21.6 Å². The minimum absolute atomic E-state index is 0.0212. The third kappa shape index (κ3) is 3.49. The molecule has 0 fully saturated rings. The molecule has 0 atom stereocenters. The van der Waals surface area contributed by atoms with Crippen molar-refractivity contribution >= 4 is 5.71 Å². The molecule has 1 heterocycles. The second-order valence-electron chi connectivity index (χ2n) is 4.95. The van der Waals surface area contributed by atoms with Crippen molar-refractivity contribution in [3.05, 3.63) is 59.2 Å². The summed E-state index contributed by atoms with van der Waals surface area (Å²) in [6, 6.07) is 8.13. The van der Waals surface area contributed by atoms with E-state index in [9.17, 15) is 22.0 Å². The first-order valence-electron chi connectivity index (χ1n) is 6.65. The molecule has 2 nitrogen and oxygen atoms in total. The zero-order valence-corrected chi connectivity index (χ0v) is 11.6. The van der Waals surface area contributed by atoms with Crippen LogP contribution in [0, 0.1) is 0 Å². The lowest BCUT2D eigenvalue weighted by molar-refractivity contribution is -0.137. The molecule has 0 N–H and O–H groups in total. The van der Waals surface area contributed by atoms with Gasteiger partial charge in [-0.15, -0.1) is 0 Å². The van der Waals surface area contributed by atoms with Crippen molar-refractivity contribution in [1.29, 1.82) is 0 Å². The number of rotatable bonds is 4. The van der Waals surface area contributed by atoms with Crippen LogP contribution in [-0.2, 0) is 6.18 Å². The first kappa shape index (κ1) is 15.5. The van der Waals surface area contributed by atoms with Crippen LogP contribution < -0.4 is 4.74 Å². The third-order valence-electron chi connectivity index (χ3n) is 3.27. The van der Waals surface area contributed by atoms with Crippen LogP contribution in [0.2, 0.25) is 0 Å². The van der Waals surface area contributed by atoms with Crippen LogP contribution >= 0.6 is 0 Å². The number of ether oxygens (including phenoxy) is 1. The molecule has 120 valence electrons. The SMILES string of the molecule is FC(F)c1ccc(Oc2cccc(C(F)(F)F)c2)c(C2=NC2)c1. The molecule has 0 saturated heterocycles. The zero-order chi connectivity index (χ0) is 16.6. The number of aliphatic imine (C=N–C) groups is 1. The summed E-state index contributed by atoms with van der Waals surface area (Å²) in [7, 11) is 0. The molecule has 3 rings (SSSR count). The standard InChI is InChI=1S/C16H10F5NO/c17-15(18)9-4-5-14(12(6-9)13-8-22-13)23-11-3-1-2-10(7-11)16(19,20)21/h1-7,15H,8H2. The highest BCUT2D eigenvalue weighted by Crippen LogP contribution is 2.35. The molecule has 0 unspecified atom stereocenters. The lowest BCUT2D eigenvalue weighted by Crippen LogP contribution is -2.04. The van der Waals surface area contributed by atoms with E-state index in [0.29, 0.717) is 17.8 Å². The minimum atomic E-state index is -4.48. The first-order valence-corrected chi connectivity index (χ1v) is 6.65. The van der Waals surface area contributed by atoms with Gasteiger partial charge in [-0.3, -0.25) is 4.99 Å². The van der Waals surface area contributed by atoms with Crippen LogP contribution in [0.1, 0.15) is 23.1 Å². The van der Waals surface area contributed by atoms with E-state index in [4.69, 9.17) is 4.74 Å². The van der Waals surface area contributed by atoms with E-state index < -0.39 is 18.2 Å². The summed E-state index contributed by atoms with van der Waals surface area (Å²) in [6.07, 6.45) is -7.13. The molecule has 23 heavy (non-hydrogen) atoms. The van der Waals surface area contributed by atoms with E-state index in [0.717, 1.165) is 12.1 Å². The zero-order valence-electron chi connectivity index (χ0n) is 11.6. The smallest absolute Gasteiger partial charge is 0.416 e. The molecule has 0 aromatic heterocycles. The molecule has 7 heteroatoms. The van der Waals surface area contributed by atoms with Gasteiger partial charge in [0.05, 0.1) is 17.8 Å². The van der Waals surface area contributed by atoms with Crippen LogP contribution in [0.4, 0.5) is 22.0 Å². The number of nitrogens with zero attached hydrogens (tertiary/aromatic N) is 1. The summed E-state index contributed by atoms with van der Waals surface area (Å²) in [5, 5.41) is 0. The molecule has 1 aliphatic rings. The van der Waals surface area contributed by atoms with Gasteiger partial charge in [-0.05, 0) is 36.4 Å². The Kier molecular flexibility index (Phi) is 3.79. The number of halogens is 5. The average molecular weight is 327 g/mol. The van der Waals surface area contributed by atoms with Crippen LogP contribution in [0.3, 0.4) is 0 Å². The van der Waals surface area contributed by atoms with Crippen LogP contribution in [0.25, 0.3) is 0 Å². The summed E-state index contributed by atoms with van der Waals surface area (Å²) < 4.78 is 69.1. The van der Waals surface area contributed by atoms with E-state index in [1.165, 1.54) is 30.3 Å². The van der Waals surface area contributed by atoms with Crippen LogP contribution in [-0.4, -0.2) is 12.3 Å². The van der Waals surface area contributed by atoms with Crippen molar-refractivity contribution in [2.75, 3.05) is 6.54 Å². The van der Waals surface area contributed by atoms with Crippen molar-refractivity contribution in [2.24, 2.45) is 4.99 Å². The van der Waals surface area contributed by atoms with Gasteiger partial charge in [-0.2, -0.15) is 13.2 Å². The van der Waals surface area contributed by atoms with Gasteiger partial charge in [0.1, 0.15) is 11.5 Å². The molecule has 0 saturated carbocycles. The largest absolute Gasteiger partial charge is 0.457 e. The maximum atomic E-state index is 12.8. The highest BCUT2D eigenvalue weighted by molar-refractivity contribution is 6.12. The molecular weight excluding hydrogens is 317 g/mol. The summed E-state index contributed by atoms with van der Waals surface area (Å²) >= 11 is 0. The van der Waals surface area contributed by atoms with Gasteiger partial charge in [-0.1, -0.05) is 6.07 Å². The van der Waals surface area contributed by atoms with Gasteiger partial charge < -0.3 is 4.74 Å². The Morgan fingerprint density at radius 3 is 2.39 bits per heavy atom. The van der Waals surface area contributed by atoms with Gasteiger partial charge in [0.25, 0.3) is 6.43 Å². The monoisotopic (exact) mass is 327 g/mol. The maximum Gasteiger partial charge on any atom is 0.416 e. The minimum Gasteiger partial charge on any atom is -0.457 e. The Morgan fingerprint density at radius 1 is 1.04 bits per heavy atom. The fraction of sp³-hybridized carbons (Fsp3) is 0.188. The van der Waals surface area contributed by atoms with Gasteiger partial charge >= 0.3 is 6.18 Å². The van der Waals surface area contributed by atoms with Crippen molar-refractivity contribution in [2.45, 2.75) is 12.6 Å². The number of hydrogen-bond acceptors (Lipinski definition) is 2. The van der Waals surface area contributed by atoms with Crippen molar-refractivity contribution in [3.63, 3.8) is 0 Å². The van der Waals surface area contributed by atoms with Crippen molar-refractivity contribution in [3.8, 4) is 11.5 Å². The number of alkyl halides is 5. The van der Waals surface area contributed by atoms with Crippen LogP contribution in [0.5, 0.6) is 11.5 Å². The second-order valence-corrected chi connectivity index (χ2v) is 4.95. The van der Waals surface area contributed by atoms with Gasteiger partial charge in [-0.25, -0.2) is 8.78 Å². The molecule has 0 aliphatic carbocycles. The lowest BCUT2D eigenvalue weighted by atomic mass is 10.1. The molecule has 1 aliphatic heterocycles. The Balaban J connectivity index is 1.93. The predicted octanol–water partition coefficient (Wildman–Crippen LogP) is 5.24. The Labute approximate surface area is 128 Å². The fourth-order valence-electron chi connectivity index (χ4n) is 2.07. The highest BCUT2D eigenvalue weighted by Gasteiger charge is 2.30. The summed E-state index contributed by atoms with van der Waals surface area (Å²) in [5.74, 6) is 0.178. The maximum absolute atomic E-state index is 12.8. The van der Waals surface area contributed by atoms with Crippen molar-refractivity contribution < 1.29 is 26.7 Å². The quantitative estimate of drug-likeness (QED) is 0.704. The van der Waals surface area contributed by atoms with Gasteiger partial charge in [0.2, 0.25) is 0 Å². The van der Waals surface area contributed by atoms with E-state index in [2.05, 4.69) is 4.99 Å². The Hall–Kier alpha value is -2.44. The summed E-state index contributed by atoms with van der Waals surface area (Å²) in [6.45, 7) is 0.408. The molecule has 0 amide bonds. The van der Waals surface area contributed by atoms with E-state index in [-0.39, 0.29) is 17.1 Å². The molecule has 2 aromatic carbocycles. The van der Waals surface area contributed by atoms with Gasteiger partial charge in [0, 0.05) is 11.1 Å². The van der Waals surface area contributed by atoms with E-state index in [1.807, 2.05) is 0 Å². The first-order chi connectivity index (χ1) is 10.8. The van der Waals surface area contributed by atoms with Crippen LogP contribution in [0.15, 0.2) is 47.5 Å². The molecular formula is C16H10F5NO. The fourth-order valence-corrected chi connectivity index (χ4v) is 2.07. The number of hydrogen-bond donors (Lipinski definition) is 0. The molecule has 2 aromatic rings. The summed E-state index contributed by atoms with van der Waals surface area (Å²) in [5.41, 5.74) is -0.0646. The average Bonchev–Trinajstić information content (AvgIpc) is 3.31. The predicted molar refractivity (Wildman–Crippen MR) is 74.3 cm³/mol. The normalized spacial score (nSPS) is 13.9. The Bertz CT molecular complexity index is 767. The van der Waals surface area contributed by atoms with E-state index >= 15 is 0 Å². The number of benzene rings is 2. The summed E-state index contributed by atoms with van der Waals surface area (Å²) in [4.78, 5) is 3.94. The van der Waals surface area contributed by atoms with E-state index in [1.54, 1.807) is 0 Å². The van der Waals surface area contributed by atoms with Gasteiger partial charge in [0.15, 0.2) is 0 Å².